The van der Waals surface area contributed by atoms with Crippen molar-refractivity contribution >= 4 is 0 Å². The van der Waals surface area contributed by atoms with Crippen LogP contribution in [0.3, 0.4) is 0 Å². The van der Waals surface area contributed by atoms with Gasteiger partial charge in [-0.25, -0.2) is 0 Å². The minimum Gasteiger partial charge on any atom is -0.380 e. The molecule has 0 saturated carbocycles. The summed E-state index contributed by atoms with van der Waals surface area (Å²) in [4.78, 5) is 2.53. The summed E-state index contributed by atoms with van der Waals surface area (Å²) in [5.74, 6) is 0.775. The number of ether oxygens (including phenoxy) is 1. The summed E-state index contributed by atoms with van der Waals surface area (Å²) in [6.07, 6.45) is 3.94. The normalized spacial score (nSPS) is 26.0. The Morgan fingerprint density at radius 2 is 2.13 bits per heavy atom. The van der Waals surface area contributed by atoms with Crippen molar-refractivity contribution in [3.63, 3.8) is 0 Å². The molecule has 0 atom stereocenters. The van der Waals surface area contributed by atoms with E-state index in [4.69, 9.17) is 10.5 Å². The molecule has 0 aromatic carbocycles. The molecular formula is C12H24N2O. The maximum atomic E-state index is 5.60. The van der Waals surface area contributed by atoms with Crippen LogP contribution in [0.1, 0.15) is 26.2 Å². The molecule has 88 valence electrons. The van der Waals surface area contributed by atoms with Gasteiger partial charge in [0.2, 0.25) is 0 Å². The Morgan fingerprint density at radius 3 is 2.60 bits per heavy atom. The minimum atomic E-state index is 0.540. The molecular weight excluding hydrogens is 188 g/mol. The van der Waals surface area contributed by atoms with Gasteiger partial charge in [-0.15, -0.1) is 0 Å². The second-order valence-electron chi connectivity index (χ2n) is 5.31. The number of rotatable bonds is 6. The monoisotopic (exact) mass is 212 g/mol. The maximum Gasteiger partial charge on any atom is 0.0544 e. The highest BCUT2D eigenvalue weighted by atomic mass is 16.5. The van der Waals surface area contributed by atoms with Gasteiger partial charge in [-0.3, -0.25) is 0 Å². The maximum absolute atomic E-state index is 5.60. The summed E-state index contributed by atoms with van der Waals surface area (Å²) < 4.78 is 5.33. The molecule has 0 aliphatic carbocycles. The first-order valence-corrected chi connectivity index (χ1v) is 6.28. The highest BCUT2D eigenvalue weighted by molar-refractivity contribution is 4.85. The molecule has 2 fully saturated rings. The Bertz CT molecular complexity index is 192. The van der Waals surface area contributed by atoms with Gasteiger partial charge >= 0.3 is 0 Å². The van der Waals surface area contributed by atoms with Gasteiger partial charge < -0.3 is 15.4 Å². The molecule has 2 aliphatic rings. The standard InChI is InChI=1S/C12H24N2O/c1-2-12(9-15-10-12)4-3-5-14-7-11(6-13)8-14/h11H,2-10,13H2,1H3. The summed E-state index contributed by atoms with van der Waals surface area (Å²) in [5, 5.41) is 0. The Kier molecular flexibility index (Phi) is 3.65. The molecule has 3 nitrogen and oxygen atoms in total. The topological polar surface area (TPSA) is 38.5 Å². The molecule has 3 heteroatoms. The van der Waals surface area contributed by atoms with E-state index >= 15 is 0 Å². The number of nitrogens with two attached hydrogens (primary N) is 1. The average molecular weight is 212 g/mol. The number of nitrogens with zero attached hydrogens (tertiary/aromatic N) is 1. The van der Waals surface area contributed by atoms with Crippen molar-refractivity contribution in [3.05, 3.63) is 0 Å². The van der Waals surface area contributed by atoms with E-state index in [1.54, 1.807) is 0 Å². The van der Waals surface area contributed by atoms with E-state index in [0.717, 1.165) is 25.7 Å². The van der Waals surface area contributed by atoms with Crippen molar-refractivity contribution in [2.24, 2.45) is 17.1 Å². The smallest absolute Gasteiger partial charge is 0.0544 e. The zero-order valence-electron chi connectivity index (χ0n) is 9.87. The van der Waals surface area contributed by atoms with Crippen molar-refractivity contribution in [3.8, 4) is 0 Å². The van der Waals surface area contributed by atoms with Gasteiger partial charge in [0.25, 0.3) is 0 Å². The lowest BCUT2D eigenvalue weighted by molar-refractivity contribution is -0.121. The van der Waals surface area contributed by atoms with Crippen LogP contribution in [0.2, 0.25) is 0 Å². The fourth-order valence-corrected chi connectivity index (χ4v) is 2.60. The van der Waals surface area contributed by atoms with Crippen LogP contribution < -0.4 is 5.73 Å². The van der Waals surface area contributed by atoms with Crippen LogP contribution in [0.25, 0.3) is 0 Å². The highest BCUT2D eigenvalue weighted by Crippen LogP contribution is 2.36. The molecule has 0 amide bonds. The van der Waals surface area contributed by atoms with Crippen LogP contribution >= 0.6 is 0 Å². The van der Waals surface area contributed by atoms with Crippen LogP contribution in [0.5, 0.6) is 0 Å². The van der Waals surface area contributed by atoms with E-state index in [9.17, 15) is 0 Å². The van der Waals surface area contributed by atoms with Crippen molar-refractivity contribution in [1.29, 1.82) is 0 Å². The van der Waals surface area contributed by atoms with Crippen LogP contribution in [-0.2, 0) is 4.74 Å². The first-order chi connectivity index (χ1) is 7.28. The van der Waals surface area contributed by atoms with Gasteiger partial charge in [-0.1, -0.05) is 6.92 Å². The van der Waals surface area contributed by atoms with Gasteiger partial charge in [-0.05, 0) is 38.3 Å². The summed E-state index contributed by atoms with van der Waals surface area (Å²) >= 11 is 0. The number of hydrogen-bond acceptors (Lipinski definition) is 3. The van der Waals surface area contributed by atoms with E-state index in [0.29, 0.717) is 5.41 Å². The van der Waals surface area contributed by atoms with Crippen LogP contribution in [0.15, 0.2) is 0 Å². The lowest BCUT2D eigenvalue weighted by Gasteiger charge is -2.43. The van der Waals surface area contributed by atoms with E-state index in [2.05, 4.69) is 11.8 Å². The zero-order valence-corrected chi connectivity index (χ0v) is 9.87. The second kappa shape index (κ2) is 4.81. The molecule has 0 spiro atoms. The average Bonchev–Trinajstić information content (AvgIpc) is 2.13. The van der Waals surface area contributed by atoms with E-state index in [1.807, 2.05) is 0 Å². The molecule has 15 heavy (non-hydrogen) atoms. The first kappa shape index (κ1) is 11.4. The van der Waals surface area contributed by atoms with Crippen LogP contribution in [0.4, 0.5) is 0 Å². The summed E-state index contributed by atoms with van der Waals surface area (Å²) in [6, 6.07) is 0. The Hall–Kier alpha value is -0.120. The summed E-state index contributed by atoms with van der Waals surface area (Å²) in [6.45, 7) is 8.86. The van der Waals surface area contributed by atoms with Crippen molar-refractivity contribution in [2.75, 3.05) is 39.4 Å². The first-order valence-electron chi connectivity index (χ1n) is 6.28. The third kappa shape index (κ3) is 2.52. The highest BCUT2D eigenvalue weighted by Gasteiger charge is 2.36. The molecule has 2 saturated heterocycles. The van der Waals surface area contributed by atoms with Crippen molar-refractivity contribution in [1.82, 2.24) is 4.90 Å². The molecule has 2 rings (SSSR count). The lowest BCUT2D eigenvalue weighted by atomic mass is 9.79. The molecule has 2 heterocycles. The Labute approximate surface area is 93.0 Å². The fraction of sp³-hybridized carbons (Fsp3) is 1.00. The predicted octanol–water partition coefficient (Wildman–Crippen LogP) is 1.08. The lowest BCUT2D eigenvalue weighted by Crippen LogP contribution is -2.50. The van der Waals surface area contributed by atoms with Gasteiger partial charge in [0.05, 0.1) is 13.2 Å². The number of hydrogen-bond donors (Lipinski definition) is 1. The van der Waals surface area contributed by atoms with Gasteiger partial charge in [0.1, 0.15) is 0 Å². The van der Waals surface area contributed by atoms with Gasteiger partial charge in [0.15, 0.2) is 0 Å². The zero-order chi connectivity index (χ0) is 10.7. The predicted molar refractivity (Wildman–Crippen MR) is 61.8 cm³/mol. The third-order valence-electron chi connectivity index (χ3n) is 4.11. The molecule has 0 bridgehead atoms. The Balaban J connectivity index is 1.55. The molecule has 0 unspecified atom stereocenters. The van der Waals surface area contributed by atoms with Crippen molar-refractivity contribution < 1.29 is 4.74 Å². The van der Waals surface area contributed by atoms with Crippen LogP contribution in [0, 0.1) is 11.3 Å². The van der Waals surface area contributed by atoms with Crippen LogP contribution in [-0.4, -0.2) is 44.3 Å². The minimum absolute atomic E-state index is 0.540. The van der Waals surface area contributed by atoms with E-state index in [1.165, 1.54) is 38.9 Å². The molecule has 0 radical (unpaired) electrons. The summed E-state index contributed by atoms with van der Waals surface area (Å²) in [5.41, 5.74) is 6.14. The summed E-state index contributed by atoms with van der Waals surface area (Å²) in [7, 11) is 0. The third-order valence-corrected chi connectivity index (χ3v) is 4.11. The molecule has 0 aromatic heterocycles. The van der Waals surface area contributed by atoms with E-state index < -0.39 is 0 Å². The molecule has 2 aliphatic heterocycles. The molecule has 2 N–H and O–H groups in total. The Morgan fingerprint density at radius 1 is 1.40 bits per heavy atom. The van der Waals surface area contributed by atoms with E-state index in [-0.39, 0.29) is 0 Å². The second-order valence-corrected chi connectivity index (χ2v) is 5.31. The SMILES string of the molecule is CCC1(CCCN2CC(CN)C2)COC1. The van der Waals surface area contributed by atoms with Gasteiger partial charge in [0, 0.05) is 18.5 Å². The molecule has 0 aromatic rings. The largest absolute Gasteiger partial charge is 0.380 e. The van der Waals surface area contributed by atoms with Crippen molar-refractivity contribution in [2.45, 2.75) is 26.2 Å². The number of likely N-dealkylation sites (tertiary alicyclic amines) is 1. The quantitative estimate of drug-likeness (QED) is 0.716. The van der Waals surface area contributed by atoms with Gasteiger partial charge in [-0.2, -0.15) is 0 Å². The fourth-order valence-electron chi connectivity index (χ4n) is 2.60.